The zero-order valence-corrected chi connectivity index (χ0v) is 19.7. The molecule has 1 aromatic heterocycles. The minimum absolute atomic E-state index is 0.000163. The molecule has 0 aliphatic carbocycles. The Morgan fingerprint density at radius 2 is 1.03 bits per heavy atom. The number of nitrogens with zero attached hydrogens (tertiary/aromatic N) is 3. The molecule has 4 rings (SSSR count). The van der Waals surface area contributed by atoms with Crippen molar-refractivity contribution in [2.75, 3.05) is 0 Å². The van der Waals surface area contributed by atoms with Crippen molar-refractivity contribution in [3.05, 3.63) is 89.2 Å². The first-order valence-electron chi connectivity index (χ1n) is 10.8. The van der Waals surface area contributed by atoms with E-state index in [9.17, 15) is 4.79 Å². The highest BCUT2D eigenvalue weighted by molar-refractivity contribution is 5.47. The first-order valence-corrected chi connectivity index (χ1v) is 10.8. The largest absolute Gasteiger partial charge is 0.449 e. The SMILES string of the molecule is Cc1cccc(C)c1Oc1nc(Oc2ccccc2OC=C=O)nc(Oc2c(C)cccc2C)n1. The van der Waals surface area contributed by atoms with Crippen molar-refractivity contribution in [2.45, 2.75) is 27.7 Å². The zero-order chi connectivity index (χ0) is 24.8. The number of hydrogen-bond donors (Lipinski definition) is 0. The van der Waals surface area contributed by atoms with Gasteiger partial charge in [0.15, 0.2) is 23.7 Å². The summed E-state index contributed by atoms with van der Waals surface area (Å²) >= 11 is 0. The second-order valence-electron chi connectivity index (χ2n) is 7.73. The second-order valence-corrected chi connectivity index (χ2v) is 7.73. The van der Waals surface area contributed by atoms with Crippen LogP contribution in [-0.2, 0) is 4.79 Å². The molecule has 0 N–H and O–H groups in total. The van der Waals surface area contributed by atoms with Crippen molar-refractivity contribution in [1.29, 1.82) is 0 Å². The van der Waals surface area contributed by atoms with E-state index in [0.29, 0.717) is 11.5 Å². The number of hydrogen-bond acceptors (Lipinski definition) is 8. The standard InChI is InChI=1S/C27H23N3O5/c1-17-9-7-10-18(2)23(17)34-26-28-25(33-22-14-6-5-13-21(22)32-16-15-31)29-27(30-26)35-24-19(3)11-8-12-20(24)4/h5-14,16H,1-4H3. The third kappa shape index (κ3) is 5.63. The molecule has 4 aromatic rings. The Morgan fingerprint density at radius 1 is 0.600 bits per heavy atom. The van der Waals surface area contributed by atoms with E-state index in [1.54, 1.807) is 30.2 Å². The van der Waals surface area contributed by atoms with Crippen LogP contribution in [0.4, 0.5) is 0 Å². The Balaban J connectivity index is 1.75. The van der Waals surface area contributed by atoms with Gasteiger partial charge in [0, 0.05) is 0 Å². The molecule has 0 atom stereocenters. The van der Waals surface area contributed by atoms with Crippen molar-refractivity contribution in [3.8, 4) is 41.0 Å². The molecule has 0 unspecified atom stereocenters. The Labute approximate surface area is 202 Å². The number of rotatable bonds is 8. The minimum atomic E-state index is -0.0754. The maximum atomic E-state index is 10.6. The van der Waals surface area contributed by atoms with Crippen molar-refractivity contribution in [3.63, 3.8) is 0 Å². The van der Waals surface area contributed by atoms with Crippen LogP contribution >= 0.6 is 0 Å². The number of para-hydroxylation sites is 4. The Bertz CT molecular complexity index is 1300. The highest BCUT2D eigenvalue weighted by Gasteiger charge is 2.17. The van der Waals surface area contributed by atoms with E-state index in [1.165, 1.54) is 0 Å². The van der Waals surface area contributed by atoms with Gasteiger partial charge in [0.1, 0.15) is 11.5 Å². The third-order valence-corrected chi connectivity index (χ3v) is 5.06. The van der Waals surface area contributed by atoms with Crippen LogP contribution in [0.5, 0.6) is 41.0 Å². The van der Waals surface area contributed by atoms with Crippen LogP contribution in [0.15, 0.2) is 66.9 Å². The Kier molecular flexibility index (Phi) is 7.04. The summed E-state index contributed by atoms with van der Waals surface area (Å²) in [6.45, 7) is 7.73. The van der Waals surface area contributed by atoms with Gasteiger partial charge in [-0.25, -0.2) is 4.79 Å². The fraction of sp³-hybridized carbons (Fsp3) is 0.148. The monoisotopic (exact) mass is 469 g/mol. The highest BCUT2D eigenvalue weighted by Crippen LogP contribution is 2.34. The Hall–Kier alpha value is -4.68. The van der Waals surface area contributed by atoms with Gasteiger partial charge >= 0.3 is 18.0 Å². The lowest BCUT2D eigenvalue weighted by molar-refractivity contribution is 0.350. The van der Waals surface area contributed by atoms with Crippen LogP contribution < -0.4 is 18.9 Å². The molecule has 8 heteroatoms. The summed E-state index contributed by atoms with van der Waals surface area (Å²) in [5, 5.41) is 0. The van der Waals surface area contributed by atoms with E-state index in [-0.39, 0.29) is 29.5 Å². The quantitative estimate of drug-likeness (QED) is 0.222. The predicted molar refractivity (Wildman–Crippen MR) is 129 cm³/mol. The van der Waals surface area contributed by atoms with E-state index >= 15 is 0 Å². The molecule has 1 heterocycles. The summed E-state index contributed by atoms with van der Waals surface area (Å²) < 4.78 is 23.2. The lowest BCUT2D eigenvalue weighted by Gasteiger charge is -2.14. The van der Waals surface area contributed by atoms with Gasteiger partial charge in [0.05, 0.1) is 0 Å². The van der Waals surface area contributed by atoms with Gasteiger partial charge in [-0.05, 0) is 62.1 Å². The smallest absolute Gasteiger partial charge is 0.331 e. The number of aryl methyl sites for hydroxylation is 4. The molecular weight excluding hydrogens is 446 g/mol. The van der Waals surface area contributed by atoms with Gasteiger partial charge in [0.25, 0.3) is 0 Å². The molecule has 0 bridgehead atoms. The average molecular weight is 469 g/mol. The maximum Gasteiger partial charge on any atom is 0.331 e. The zero-order valence-electron chi connectivity index (χ0n) is 19.7. The van der Waals surface area contributed by atoms with E-state index in [1.807, 2.05) is 64.1 Å². The summed E-state index contributed by atoms with van der Waals surface area (Å²) in [5.41, 5.74) is 3.68. The molecular formula is C27H23N3O5. The summed E-state index contributed by atoms with van der Waals surface area (Å²) in [5.74, 6) is 3.38. The van der Waals surface area contributed by atoms with Crippen molar-refractivity contribution >= 4 is 5.94 Å². The van der Waals surface area contributed by atoms with Crippen LogP contribution in [-0.4, -0.2) is 20.9 Å². The summed E-state index contributed by atoms with van der Waals surface area (Å²) in [6, 6.07) is 18.3. The van der Waals surface area contributed by atoms with Crippen LogP contribution in [0.25, 0.3) is 0 Å². The van der Waals surface area contributed by atoms with Crippen molar-refractivity contribution < 1.29 is 23.7 Å². The summed E-state index contributed by atoms with van der Waals surface area (Å²) in [7, 11) is 0. The van der Waals surface area contributed by atoms with Gasteiger partial charge in [0.2, 0.25) is 0 Å². The molecule has 0 spiro atoms. The van der Waals surface area contributed by atoms with Gasteiger partial charge in [-0.3, -0.25) is 0 Å². The van der Waals surface area contributed by atoms with Crippen molar-refractivity contribution in [2.24, 2.45) is 0 Å². The lowest BCUT2D eigenvalue weighted by atomic mass is 10.1. The van der Waals surface area contributed by atoms with Gasteiger partial charge in [-0.2, -0.15) is 0 Å². The second kappa shape index (κ2) is 10.5. The van der Waals surface area contributed by atoms with E-state index < -0.39 is 0 Å². The molecule has 35 heavy (non-hydrogen) atoms. The molecule has 0 aliphatic heterocycles. The topological polar surface area (TPSA) is 92.7 Å². The lowest BCUT2D eigenvalue weighted by Crippen LogP contribution is -2.03. The summed E-state index contributed by atoms with van der Waals surface area (Å²) in [4.78, 5) is 23.6. The average Bonchev–Trinajstić information content (AvgIpc) is 2.83. The van der Waals surface area contributed by atoms with Crippen LogP contribution in [0.2, 0.25) is 0 Å². The highest BCUT2D eigenvalue weighted by atomic mass is 16.5. The number of benzene rings is 3. The minimum Gasteiger partial charge on any atom is -0.449 e. The molecule has 0 aliphatic rings. The fourth-order valence-corrected chi connectivity index (χ4v) is 3.38. The Morgan fingerprint density at radius 3 is 1.49 bits per heavy atom. The fourth-order valence-electron chi connectivity index (χ4n) is 3.38. The first kappa shape index (κ1) is 23.5. The number of ether oxygens (including phenoxy) is 4. The maximum absolute atomic E-state index is 10.6. The molecule has 0 saturated heterocycles. The first-order chi connectivity index (χ1) is 16.9. The van der Waals surface area contributed by atoms with Crippen LogP contribution in [0.3, 0.4) is 0 Å². The molecule has 0 amide bonds. The van der Waals surface area contributed by atoms with E-state index in [2.05, 4.69) is 15.0 Å². The number of aromatic nitrogens is 3. The van der Waals surface area contributed by atoms with Crippen LogP contribution in [0.1, 0.15) is 22.3 Å². The van der Waals surface area contributed by atoms with Gasteiger partial charge < -0.3 is 18.9 Å². The molecule has 8 nitrogen and oxygen atoms in total. The third-order valence-electron chi connectivity index (χ3n) is 5.06. The van der Waals surface area contributed by atoms with E-state index in [0.717, 1.165) is 28.5 Å². The molecule has 0 radical (unpaired) electrons. The number of carbonyl (C=O) groups excluding carboxylic acids is 1. The van der Waals surface area contributed by atoms with Gasteiger partial charge in [-0.1, -0.05) is 48.5 Å². The normalized spacial score (nSPS) is 10.3. The predicted octanol–water partition coefficient (Wildman–Crippen LogP) is 6.21. The van der Waals surface area contributed by atoms with Crippen LogP contribution in [0, 0.1) is 27.7 Å². The summed E-state index contributed by atoms with van der Waals surface area (Å²) in [6.07, 6.45) is 0.889. The van der Waals surface area contributed by atoms with E-state index in [4.69, 9.17) is 18.9 Å². The molecule has 176 valence electrons. The molecule has 0 saturated carbocycles. The van der Waals surface area contributed by atoms with Gasteiger partial charge in [-0.15, -0.1) is 15.0 Å². The van der Waals surface area contributed by atoms with Crippen molar-refractivity contribution in [1.82, 2.24) is 15.0 Å². The molecule has 3 aromatic carbocycles. The molecule has 0 fully saturated rings.